The number of Topliss-reactive ketones (excluding diaryl/α,β-unsaturated/α-hetero) is 1. The standard InChI is InChI=1S/C19H20N2O/c1-13-8-6-7-11-17(13)21-19-18(14(2)22)16(12-20-19)15-9-4-3-5-10-15/h3-11,16,18H,12H2,1-2H3,(H,20,21). The number of hydrogen-bond acceptors (Lipinski definition) is 3. The maximum Gasteiger partial charge on any atom is 0.141 e. The van der Waals surface area contributed by atoms with E-state index >= 15 is 0 Å². The number of ketones is 1. The number of carbonyl (C=O) groups excluding carboxylic acids is 1. The van der Waals surface area contributed by atoms with E-state index in [4.69, 9.17) is 0 Å². The summed E-state index contributed by atoms with van der Waals surface area (Å²) < 4.78 is 0. The van der Waals surface area contributed by atoms with Crippen molar-refractivity contribution in [3.8, 4) is 0 Å². The van der Waals surface area contributed by atoms with Crippen molar-refractivity contribution in [3.63, 3.8) is 0 Å². The van der Waals surface area contributed by atoms with Crippen LogP contribution in [0.15, 0.2) is 59.6 Å². The Hall–Kier alpha value is -2.42. The zero-order chi connectivity index (χ0) is 15.5. The first-order valence-corrected chi connectivity index (χ1v) is 7.59. The minimum Gasteiger partial charge on any atom is -0.343 e. The minimum absolute atomic E-state index is 0.130. The van der Waals surface area contributed by atoms with Crippen LogP contribution < -0.4 is 5.32 Å². The van der Waals surface area contributed by atoms with Gasteiger partial charge in [0.1, 0.15) is 11.6 Å². The highest BCUT2D eigenvalue weighted by Gasteiger charge is 2.36. The summed E-state index contributed by atoms with van der Waals surface area (Å²) in [6, 6.07) is 18.2. The van der Waals surface area contributed by atoms with E-state index in [1.807, 2.05) is 36.4 Å². The number of hydrogen-bond donors (Lipinski definition) is 1. The highest BCUT2D eigenvalue weighted by molar-refractivity contribution is 6.11. The topological polar surface area (TPSA) is 41.5 Å². The Kier molecular flexibility index (Phi) is 4.05. The zero-order valence-electron chi connectivity index (χ0n) is 12.9. The van der Waals surface area contributed by atoms with Crippen molar-refractivity contribution < 1.29 is 4.79 Å². The third-order valence-electron chi connectivity index (χ3n) is 4.23. The maximum absolute atomic E-state index is 12.2. The van der Waals surface area contributed by atoms with Crippen molar-refractivity contribution in [2.75, 3.05) is 11.9 Å². The van der Waals surface area contributed by atoms with Crippen LogP contribution in [0, 0.1) is 12.8 Å². The Morgan fingerprint density at radius 1 is 1.09 bits per heavy atom. The smallest absolute Gasteiger partial charge is 0.141 e. The largest absolute Gasteiger partial charge is 0.343 e. The van der Waals surface area contributed by atoms with E-state index in [0.29, 0.717) is 6.54 Å². The lowest BCUT2D eigenvalue weighted by Gasteiger charge is -2.20. The second kappa shape index (κ2) is 6.14. The molecule has 0 amide bonds. The van der Waals surface area contributed by atoms with Gasteiger partial charge in [0.2, 0.25) is 0 Å². The number of nitrogens with one attached hydrogen (secondary N) is 1. The molecule has 22 heavy (non-hydrogen) atoms. The van der Waals surface area contributed by atoms with Gasteiger partial charge in [-0.2, -0.15) is 0 Å². The Labute approximate surface area is 131 Å². The first kappa shape index (κ1) is 14.5. The number of anilines is 1. The van der Waals surface area contributed by atoms with Gasteiger partial charge in [0, 0.05) is 18.2 Å². The fraction of sp³-hybridized carbons (Fsp3) is 0.263. The predicted molar refractivity (Wildman–Crippen MR) is 90.5 cm³/mol. The Morgan fingerprint density at radius 2 is 1.77 bits per heavy atom. The number of aliphatic imine (C=N–C) groups is 1. The summed E-state index contributed by atoms with van der Waals surface area (Å²) in [5.41, 5.74) is 3.34. The highest BCUT2D eigenvalue weighted by atomic mass is 16.1. The molecule has 3 heteroatoms. The number of amidine groups is 1. The average Bonchev–Trinajstić information content (AvgIpc) is 2.94. The highest BCUT2D eigenvalue weighted by Crippen LogP contribution is 2.32. The van der Waals surface area contributed by atoms with Crippen molar-refractivity contribution in [3.05, 3.63) is 65.7 Å². The van der Waals surface area contributed by atoms with E-state index in [0.717, 1.165) is 17.1 Å². The number of carbonyl (C=O) groups is 1. The molecule has 112 valence electrons. The van der Waals surface area contributed by atoms with E-state index in [9.17, 15) is 4.79 Å². The fourth-order valence-corrected chi connectivity index (χ4v) is 3.03. The molecule has 0 aromatic heterocycles. The van der Waals surface area contributed by atoms with Gasteiger partial charge in [-0.15, -0.1) is 0 Å². The van der Waals surface area contributed by atoms with Gasteiger partial charge in [0.05, 0.1) is 5.92 Å². The monoisotopic (exact) mass is 292 g/mol. The van der Waals surface area contributed by atoms with E-state index < -0.39 is 0 Å². The van der Waals surface area contributed by atoms with Gasteiger partial charge in [-0.1, -0.05) is 48.5 Å². The molecule has 0 bridgehead atoms. The van der Waals surface area contributed by atoms with Gasteiger partial charge < -0.3 is 5.32 Å². The van der Waals surface area contributed by atoms with Gasteiger partial charge in [-0.3, -0.25) is 9.79 Å². The lowest BCUT2D eigenvalue weighted by atomic mass is 9.85. The quantitative estimate of drug-likeness (QED) is 0.934. The molecule has 0 radical (unpaired) electrons. The predicted octanol–water partition coefficient (Wildman–Crippen LogP) is 3.81. The molecule has 1 aliphatic heterocycles. The van der Waals surface area contributed by atoms with Crippen molar-refractivity contribution in [2.24, 2.45) is 10.9 Å². The molecular formula is C19H20N2O. The zero-order valence-corrected chi connectivity index (χ0v) is 12.9. The van der Waals surface area contributed by atoms with Gasteiger partial charge in [0.25, 0.3) is 0 Å². The molecule has 1 N–H and O–H groups in total. The summed E-state index contributed by atoms with van der Waals surface area (Å²) >= 11 is 0. The lowest BCUT2D eigenvalue weighted by molar-refractivity contribution is -0.119. The van der Waals surface area contributed by atoms with E-state index in [-0.39, 0.29) is 17.6 Å². The molecule has 0 spiro atoms. The van der Waals surface area contributed by atoms with E-state index in [2.05, 4.69) is 35.4 Å². The minimum atomic E-state index is -0.193. The summed E-state index contributed by atoms with van der Waals surface area (Å²) in [6.07, 6.45) is 0. The third kappa shape index (κ3) is 2.80. The second-order valence-corrected chi connectivity index (χ2v) is 5.77. The van der Waals surface area contributed by atoms with Crippen molar-refractivity contribution in [2.45, 2.75) is 19.8 Å². The van der Waals surface area contributed by atoms with E-state index in [1.54, 1.807) is 6.92 Å². The van der Waals surface area contributed by atoms with E-state index in [1.165, 1.54) is 5.56 Å². The van der Waals surface area contributed by atoms with Crippen LogP contribution in [0.3, 0.4) is 0 Å². The molecule has 3 rings (SSSR count). The first-order valence-electron chi connectivity index (χ1n) is 7.59. The van der Waals surface area contributed by atoms with Crippen molar-refractivity contribution in [1.29, 1.82) is 0 Å². The van der Waals surface area contributed by atoms with Gasteiger partial charge in [-0.05, 0) is 31.0 Å². The Morgan fingerprint density at radius 3 is 2.45 bits per heavy atom. The number of rotatable bonds is 3. The molecule has 1 heterocycles. The summed E-state index contributed by atoms with van der Waals surface area (Å²) in [7, 11) is 0. The van der Waals surface area contributed by atoms with Crippen LogP contribution >= 0.6 is 0 Å². The molecule has 2 aromatic rings. The number of para-hydroxylation sites is 1. The maximum atomic E-state index is 12.2. The summed E-state index contributed by atoms with van der Waals surface area (Å²) in [6.45, 7) is 4.36. The molecule has 0 aliphatic carbocycles. The average molecular weight is 292 g/mol. The van der Waals surface area contributed by atoms with Crippen LogP contribution in [0.2, 0.25) is 0 Å². The molecule has 2 atom stereocenters. The Balaban J connectivity index is 1.87. The number of benzene rings is 2. The molecule has 0 saturated heterocycles. The van der Waals surface area contributed by atoms with Gasteiger partial charge in [0.15, 0.2) is 0 Å². The van der Waals surface area contributed by atoms with Crippen LogP contribution in [0.5, 0.6) is 0 Å². The first-order chi connectivity index (χ1) is 10.7. The summed E-state index contributed by atoms with van der Waals surface area (Å²) in [5.74, 6) is 0.883. The van der Waals surface area contributed by atoms with Crippen LogP contribution in [-0.2, 0) is 4.79 Å². The van der Waals surface area contributed by atoms with Crippen LogP contribution in [0.4, 0.5) is 5.69 Å². The van der Waals surface area contributed by atoms with Crippen molar-refractivity contribution >= 4 is 17.3 Å². The normalized spacial score (nSPS) is 20.5. The van der Waals surface area contributed by atoms with Crippen molar-refractivity contribution in [1.82, 2.24) is 0 Å². The molecule has 1 aliphatic rings. The number of nitrogens with zero attached hydrogens (tertiary/aromatic N) is 1. The van der Waals surface area contributed by atoms with Crippen LogP contribution in [-0.4, -0.2) is 18.2 Å². The molecule has 0 saturated carbocycles. The fourth-order valence-electron chi connectivity index (χ4n) is 3.03. The third-order valence-corrected chi connectivity index (χ3v) is 4.23. The molecule has 3 nitrogen and oxygen atoms in total. The van der Waals surface area contributed by atoms with Crippen LogP contribution in [0.1, 0.15) is 24.0 Å². The SMILES string of the molecule is CC(=O)C1C(Nc2ccccc2C)=NCC1c1ccccc1. The Bertz CT molecular complexity index is 706. The number of aryl methyl sites for hydroxylation is 1. The second-order valence-electron chi connectivity index (χ2n) is 5.77. The summed E-state index contributed by atoms with van der Waals surface area (Å²) in [5, 5.41) is 3.37. The molecule has 0 fully saturated rings. The molecule has 2 unspecified atom stereocenters. The van der Waals surface area contributed by atoms with Gasteiger partial charge in [-0.25, -0.2) is 0 Å². The summed E-state index contributed by atoms with van der Waals surface area (Å²) in [4.78, 5) is 16.8. The molecule has 2 aromatic carbocycles. The van der Waals surface area contributed by atoms with Crippen LogP contribution in [0.25, 0.3) is 0 Å². The lowest BCUT2D eigenvalue weighted by Crippen LogP contribution is -2.29. The van der Waals surface area contributed by atoms with Gasteiger partial charge >= 0.3 is 0 Å². The molecular weight excluding hydrogens is 272 g/mol.